The van der Waals surface area contributed by atoms with Crippen LogP contribution in [0.3, 0.4) is 0 Å². The molecule has 3 N–H and O–H groups in total. The van der Waals surface area contributed by atoms with E-state index >= 15 is 0 Å². The highest BCUT2D eigenvalue weighted by Crippen LogP contribution is 2.19. The summed E-state index contributed by atoms with van der Waals surface area (Å²) in [6, 6.07) is 7.68. The van der Waals surface area contributed by atoms with Crippen LogP contribution in [0, 0.1) is 0 Å². The van der Waals surface area contributed by atoms with Crippen molar-refractivity contribution in [2.24, 2.45) is 4.99 Å². The summed E-state index contributed by atoms with van der Waals surface area (Å²) in [5.74, 6) is 0.742. The van der Waals surface area contributed by atoms with Crippen molar-refractivity contribution < 1.29 is 4.79 Å². The summed E-state index contributed by atoms with van der Waals surface area (Å²) in [5, 5.41) is 9.29. The molecule has 0 spiro atoms. The third kappa shape index (κ3) is 6.95. The summed E-state index contributed by atoms with van der Waals surface area (Å²) >= 11 is 1.82. The standard InChI is InChI=1S/C17H28N4OS/c1-17(2,23-5)12-21-16(19-4)20-10-9-13-7-6-8-14(11-13)15(22)18-3/h6-8,11H,9-10,12H2,1-5H3,(H,18,22)(H2,19,20,21). The molecule has 0 heterocycles. The Hall–Kier alpha value is -1.69. The number of nitrogens with one attached hydrogen (secondary N) is 3. The van der Waals surface area contributed by atoms with Crippen LogP contribution in [0.4, 0.5) is 0 Å². The Morgan fingerprint density at radius 3 is 2.65 bits per heavy atom. The fourth-order valence-electron chi connectivity index (χ4n) is 1.93. The van der Waals surface area contributed by atoms with Gasteiger partial charge in [0, 0.05) is 37.5 Å². The third-order valence-corrected chi connectivity index (χ3v) is 4.83. The monoisotopic (exact) mass is 336 g/mol. The minimum Gasteiger partial charge on any atom is -0.356 e. The van der Waals surface area contributed by atoms with Crippen molar-refractivity contribution in [1.29, 1.82) is 0 Å². The van der Waals surface area contributed by atoms with Gasteiger partial charge in [0.1, 0.15) is 0 Å². The topological polar surface area (TPSA) is 65.5 Å². The number of amides is 1. The lowest BCUT2D eigenvalue weighted by Crippen LogP contribution is -2.43. The van der Waals surface area contributed by atoms with Crippen molar-refractivity contribution >= 4 is 23.6 Å². The molecule has 0 aliphatic heterocycles. The van der Waals surface area contributed by atoms with E-state index in [4.69, 9.17) is 0 Å². The van der Waals surface area contributed by atoms with Crippen molar-refractivity contribution in [3.05, 3.63) is 35.4 Å². The second-order valence-corrected chi connectivity index (χ2v) is 7.36. The number of carbonyl (C=O) groups is 1. The zero-order valence-corrected chi connectivity index (χ0v) is 15.5. The Bertz CT molecular complexity index is 543. The van der Waals surface area contributed by atoms with E-state index in [0.29, 0.717) is 5.56 Å². The van der Waals surface area contributed by atoms with Gasteiger partial charge >= 0.3 is 0 Å². The molecule has 0 saturated heterocycles. The molecular weight excluding hydrogens is 308 g/mol. The van der Waals surface area contributed by atoms with Crippen LogP contribution in [0.15, 0.2) is 29.3 Å². The average molecular weight is 337 g/mol. The summed E-state index contributed by atoms with van der Waals surface area (Å²) in [6.45, 7) is 6.00. The highest BCUT2D eigenvalue weighted by molar-refractivity contribution is 7.99. The number of rotatable bonds is 7. The molecule has 128 valence electrons. The van der Waals surface area contributed by atoms with Crippen LogP contribution in [0.1, 0.15) is 29.8 Å². The fraction of sp³-hybridized carbons (Fsp3) is 0.529. The van der Waals surface area contributed by atoms with Gasteiger partial charge in [-0.05, 0) is 44.2 Å². The van der Waals surface area contributed by atoms with Crippen molar-refractivity contribution in [1.82, 2.24) is 16.0 Å². The summed E-state index contributed by atoms with van der Waals surface area (Å²) in [4.78, 5) is 15.9. The van der Waals surface area contributed by atoms with E-state index in [0.717, 1.165) is 31.0 Å². The number of hydrogen-bond donors (Lipinski definition) is 3. The zero-order valence-electron chi connectivity index (χ0n) is 14.7. The summed E-state index contributed by atoms with van der Waals surface area (Å²) in [6.07, 6.45) is 2.94. The molecule has 0 unspecified atom stereocenters. The summed E-state index contributed by atoms with van der Waals surface area (Å²) < 4.78 is 0.166. The first-order valence-electron chi connectivity index (χ1n) is 7.72. The van der Waals surface area contributed by atoms with E-state index < -0.39 is 0 Å². The molecule has 0 bridgehead atoms. The van der Waals surface area contributed by atoms with Crippen molar-refractivity contribution in [2.75, 3.05) is 33.4 Å². The normalized spacial score (nSPS) is 12.0. The van der Waals surface area contributed by atoms with Gasteiger partial charge in [-0.2, -0.15) is 11.8 Å². The maximum absolute atomic E-state index is 11.6. The molecule has 23 heavy (non-hydrogen) atoms. The number of nitrogens with zero attached hydrogens (tertiary/aromatic N) is 1. The van der Waals surface area contributed by atoms with Crippen LogP contribution in [0.2, 0.25) is 0 Å². The van der Waals surface area contributed by atoms with Crippen LogP contribution in [0.25, 0.3) is 0 Å². The van der Waals surface area contributed by atoms with Gasteiger partial charge in [0.15, 0.2) is 5.96 Å². The average Bonchev–Trinajstić information content (AvgIpc) is 2.57. The highest BCUT2D eigenvalue weighted by Gasteiger charge is 2.15. The van der Waals surface area contributed by atoms with Gasteiger partial charge in [0.2, 0.25) is 0 Å². The first-order valence-corrected chi connectivity index (χ1v) is 8.95. The molecule has 1 amide bonds. The van der Waals surface area contributed by atoms with Gasteiger partial charge in [-0.15, -0.1) is 0 Å². The summed E-state index contributed by atoms with van der Waals surface area (Å²) in [7, 11) is 3.41. The number of hydrogen-bond acceptors (Lipinski definition) is 3. The number of guanidine groups is 1. The molecule has 1 aromatic carbocycles. The van der Waals surface area contributed by atoms with Gasteiger partial charge in [-0.25, -0.2) is 0 Å². The van der Waals surface area contributed by atoms with Crippen molar-refractivity contribution in [3.63, 3.8) is 0 Å². The van der Waals surface area contributed by atoms with E-state index in [1.165, 1.54) is 0 Å². The van der Waals surface area contributed by atoms with Gasteiger partial charge < -0.3 is 16.0 Å². The first-order chi connectivity index (χ1) is 10.9. The van der Waals surface area contributed by atoms with Crippen LogP contribution in [0.5, 0.6) is 0 Å². The third-order valence-electron chi connectivity index (χ3n) is 3.58. The minimum absolute atomic E-state index is 0.0587. The zero-order chi connectivity index (χ0) is 17.3. The van der Waals surface area contributed by atoms with E-state index in [-0.39, 0.29) is 10.7 Å². The van der Waals surface area contributed by atoms with Crippen LogP contribution >= 0.6 is 11.8 Å². The van der Waals surface area contributed by atoms with Gasteiger partial charge in [0.25, 0.3) is 5.91 Å². The molecule has 1 rings (SSSR count). The predicted molar refractivity (Wildman–Crippen MR) is 100 cm³/mol. The maximum atomic E-state index is 11.6. The number of carbonyl (C=O) groups excluding carboxylic acids is 1. The molecule has 0 aliphatic rings. The maximum Gasteiger partial charge on any atom is 0.251 e. The lowest BCUT2D eigenvalue weighted by molar-refractivity contribution is 0.0963. The Balaban J connectivity index is 2.47. The number of aliphatic imine (C=N–C) groups is 1. The second kappa shape index (κ2) is 9.45. The van der Waals surface area contributed by atoms with Crippen molar-refractivity contribution in [3.8, 4) is 0 Å². The van der Waals surface area contributed by atoms with Crippen LogP contribution in [-0.2, 0) is 6.42 Å². The fourth-order valence-corrected chi connectivity index (χ4v) is 2.14. The lowest BCUT2D eigenvalue weighted by atomic mass is 10.1. The number of thioether (sulfide) groups is 1. The molecular formula is C17H28N4OS. The highest BCUT2D eigenvalue weighted by atomic mass is 32.2. The predicted octanol–water partition coefficient (Wildman–Crippen LogP) is 1.90. The van der Waals surface area contributed by atoms with E-state index in [2.05, 4.69) is 41.0 Å². The molecule has 0 fully saturated rings. The van der Waals surface area contributed by atoms with E-state index in [1.54, 1.807) is 14.1 Å². The quantitative estimate of drug-likeness (QED) is 0.525. The Kier molecular flexibility index (Phi) is 7.95. The smallest absolute Gasteiger partial charge is 0.251 e. The molecule has 1 aromatic rings. The van der Waals surface area contributed by atoms with Crippen LogP contribution in [-0.4, -0.2) is 50.1 Å². The van der Waals surface area contributed by atoms with E-state index in [1.807, 2.05) is 36.0 Å². The van der Waals surface area contributed by atoms with Gasteiger partial charge in [0.05, 0.1) is 0 Å². The molecule has 6 heteroatoms. The molecule has 5 nitrogen and oxygen atoms in total. The number of benzene rings is 1. The molecule has 0 aromatic heterocycles. The van der Waals surface area contributed by atoms with Gasteiger partial charge in [-0.3, -0.25) is 9.79 Å². The molecule has 0 atom stereocenters. The van der Waals surface area contributed by atoms with Gasteiger partial charge in [-0.1, -0.05) is 12.1 Å². The van der Waals surface area contributed by atoms with E-state index in [9.17, 15) is 4.79 Å². The largest absolute Gasteiger partial charge is 0.356 e. The van der Waals surface area contributed by atoms with Crippen LogP contribution < -0.4 is 16.0 Å². The Morgan fingerprint density at radius 1 is 1.30 bits per heavy atom. The Morgan fingerprint density at radius 2 is 2.04 bits per heavy atom. The lowest BCUT2D eigenvalue weighted by Gasteiger charge is -2.23. The Labute approximate surface area is 143 Å². The molecule has 0 radical (unpaired) electrons. The SMILES string of the molecule is CN=C(NCCc1cccc(C(=O)NC)c1)NCC(C)(C)SC. The molecule has 0 saturated carbocycles. The summed E-state index contributed by atoms with van der Waals surface area (Å²) in [5.41, 5.74) is 1.81. The van der Waals surface area contributed by atoms with Crippen molar-refractivity contribution in [2.45, 2.75) is 25.0 Å². The minimum atomic E-state index is -0.0587. The second-order valence-electron chi connectivity index (χ2n) is 5.85. The molecule has 0 aliphatic carbocycles. The first kappa shape index (κ1) is 19.4.